The quantitative estimate of drug-likeness (QED) is 0.257. The number of nitrogens with one attached hydrogen (secondary N) is 2. The van der Waals surface area contributed by atoms with Gasteiger partial charge >= 0.3 is 0 Å². The van der Waals surface area contributed by atoms with Gasteiger partial charge in [0.05, 0.1) is 11.2 Å². The van der Waals surface area contributed by atoms with Gasteiger partial charge in [-0.25, -0.2) is 4.98 Å². The number of unbranched alkanes of at least 4 members (excludes halogenated alkanes) is 10. The van der Waals surface area contributed by atoms with E-state index in [1.807, 2.05) is 6.20 Å². The molecule has 1 aromatic rings. The number of imidazole rings is 1. The van der Waals surface area contributed by atoms with Gasteiger partial charge in [-0.15, -0.1) is 11.8 Å². The number of H-pyrrole nitrogens is 1. The Hall–Kier alpha value is -0.970. The molecular weight excluding hydrogens is 330 g/mol. The van der Waals surface area contributed by atoms with Gasteiger partial charge in [0.2, 0.25) is 11.9 Å². The molecule has 0 saturated carbocycles. The van der Waals surface area contributed by atoms with Gasteiger partial charge in [-0.1, -0.05) is 78.1 Å². The number of aromatic nitrogens is 2. The maximum Gasteiger partial charge on any atom is 0.226 e. The molecule has 1 aromatic heterocycles. The Balaban J connectivity index is 1.97. The molecule has 0 radical (unpaired) electrons. The van der Waals surface area contributed by atoms with Crippen LogP contribution in [0.3, 0.4) is 0 Å². The first-order chi connectivity index (χ1) is 12.3. The number of hydrogen-bond acceptors (Lipinski definition) is 3. The Morgan fingerprint density at radius 3 is 2.20 bits per heavy atom. The van der Waals surface area contributed by atoms with E-state index in [9.17, 15) is 4.79 Å². The number of amides is 1. The van der Waals surface area contributed by atoms with Crippen molar-refractivity contribution in [1.29, 1.82) is 0 Å². The number of anilines is 1. The van der Waals surface area contributed by atoms with Crippen molar-refractivity contribution >= 4 is 23.6 Å². The maximum absolute atomic E-state index is 11.7. The fourth-order valence-corrected chi connectivity index (χ4v) is 3.61. The molecule has 0 atom stereocenters. The SMILES string of the molecule is CCCCCCCCCCCCSc1cnc(NC(=O)CCCC)[nH]1. The number of thioether (sulfide) groups is 1. The van der Waals surface area contributed by atoms with Crippen LogP contribution in [0.5, 0.6) is 0 Å². The molecule has 4 nitrogen and oxygen atoms in total. The first-order valence-corrected chi connectivity index (χ1v) is 11.2. The summed E-state index contributed by atoms with van der Waals surface area (Å²) >= 11 is 1.79. The molecule has 0 saturated heterocycles. The Kier molecular flexibility index (Phi) is 13.5. The number of aromatic amines is 1. The maximum atomic E-state index is 11.7. The summed E-state index contributed by atoms with van der Waals surface area (Å²) in [6.07, 6.45) is 18.0. The lowest BCUT2D eigenvalue weighted by atomic mass is 10.1. The second-order valence-electron chi connectivity index (χ2n) is 6.78. The van der Waals surface area contributed by atoms with Crippen molar-refractivity contribution in [3.05, 3.63) is 6.20 Å². The first kappa shape index (κ1) is 22.1. The summed E-state index contributed by atoms with van der Waals surface area (Å²) in [7, 11) is 0. The van der Waals surface area contributed by atoms with Crippen LogP contribution >= 0.6 is 11.8 Å². The predicted octanol–water partition coefficient (Wildman–Crippen LogP) is 6.55. The van der Waals surface area contributed by atoms with Crippen LogP contribution < -0.4 is 5.32 Å². The summed E-state index contributed by atoms with van der Waals surface area (Å²) in [5.41, 5.74) is 0. The molecule has 0 aliphatic carbocycles. The van der Waals surface area contributed by atoms with Gasteiger partial charge in [0, 0.05) is 6.42 Å². The number of nitrogens with zero attached hydrogens (tertiary/aromatic N) is 1. The van der Waals surface area contributed by atoms with E-state index in [0.29, 0.717) is 12.4 Å². The monoisotopic (exact) mass is 367 g/mol. The van der Waals surface area contributed by atoms with E-state index >= 15 is 0 Å². The molecule has 144 valence electrons. The highest BCUT2D eigenvalue weighted by atomic mass is 32.2. The minimum atomic E-state index is 0.0439. The van der Waals surface area contributed by atoms with Crippen molar-refractivity contribution < 1.29 is 4.79 Å². The zero-order valence-corrected chi connectivity index (χ0v) is 17.1. The third kappa shape index (κ3) is 12.1. The Morgan fingerprint density at radius 2 is 1.56 bits per heavy atom. The largest absolute Gasteiger partial charge is 0.319 e. The van der Waals surface area contributed by atoms with Crippen LogP contribution in [0.2, 0.25) is 0 Å². The van der Waals surface area contributed by atoms with Gasteiger partial charge in [-0.2, -0.15) is 0 Å². The molecule has 0 aliphatic rings. The fraction of sp³-hybridized carbons (Fsp3) is 0.800. The summed E-state index contributed by atoms with van der Waals surface area (Å²) < 4.78 is 0. The Labute approximate surface area is 158 Å². The molecule has 5 heteroatoms. The van der Waals surface area contributed by atoms with E-state index in [1.54, 1.807) is 11.8 Å². The molecule has 1 rings (SSSR count). The van der Waals surface area contributed by atoms with Gasteiger partial charge in [-0.05, 0) is 18.6 Å². The summed E-state index contributed by atoms with van der Waals surface area (Å²) in [5.74, 6) is 1.73. The van der Waals surface area contributed by atoms with Gasteiger partial charge in [0.25, 0.3) is 0 Å². The van der Waals surface area contributed by atoms with Crippen molar-refractivity contribution in [2.45, 2.75) is 102 Å². The van der Waals surface area contributed by atoms with Gasteiger partial charge < -0.3 is 4.98 Å². The number of carbonyl (C=O) groups is 1. The molecule has 0 spiro atoms. The summed E-state index contributed by atoms with van der Waals surface area (Å²) in [6, 6.07) is 0. The molecule has 2 N–H and O–H groups in total. The summed E-state index contributed by atoms with van der Waals surface area (Å²) in [5, 5.41) is 3.86. The topological polar surface area (TPSA) is 57.8 Å². The third-order valence-corrected chi connectivity index (χ3v) is 5.33. The van der Waals surface area contributed by atoms with Crippen LogP contribution in [0.1, 0.15) is 97.3 Å². The number of hydrogen-bond donors (Lipinski definition) is 2. The average molecular weight is 368 g/mol. The normalized spacial score (nSPS) is 11.0. The minimum absolute atomic E-state index is 0.0439. The van der Waals surface area contributed by atoms with Crippen LogP contribution in [-0.4, -0.2) is 21.6 Å². The molecule has 0 bridgehead atoms. The molecule has 25 heavy (non-hydrogen) atoms. The van der Waals surface area contributed by atoms with Crippen LogP contribution in [-0.2, 0) is 4.79 Å². The van der Waals surface area contributed by atoms with E-state index in [0.717, 1.165) is 23.6 Å². The van der Waals surface area contributed by atoms with Crippen molar-refractivity contribution in [2.24, 2.45) is 0 Å². The van der Waals surface area contributed by atoms with Gasteiger partial charge in [0.1, 0.15) is 0 Å². The van der Waals surface area contributed by atoms with Crippen molar-refractivity contribution in [1.82, 2.24) is 9.97 Å². The van der Waals surface area contributed by atoms with E-state index in [1.165, 1.54) is 64.2 Å². The molecule has 0 fully saturated rings. The van der Waals surface area contributed by atoms with Crippen molar-refractivity contribution in [3.63, 3.8) is 0 Å². The Morgan fingerprint density at radius 1 is 0.960 bits per heavy atom. The van der Waals surface area contributed by atoms with Crippen LogP contribution in [0.25, 0.3) is 0 Å². The molecule has 0 aromatic carbocycles. The molecule has 0 unspecified atom stereocenters. The molecular formula is C20H37N3OS. The van der Waals surface area contributed by atoms with Crippen LogP contribution in [0.4, 0.5) is 5.95 Å². The van der Waals surface area contributed by atoms with Crippen LogP contribution in [0, 0.1) is 0 Å². The minimum Gasteiger partial charge on any atom is -0.319 e. The standard InChI is InChI=1S/C20H37N3OS/c1-3-5-7-8-9-10-11-12-13-14-16-25-19-17-21-20(23-19)22-18(24)15-6-4-2/h17H,3-16H2,1-2H3,(H2,21,22,23,24). The van der Waals surface area contributed by atoms with Crippen molar-refractivity contribution in [3.8, 4) is 0 Å². The summed E-state index contributed by atoms with van der Waals surface area (Å²) in [6.45, 7) is 4.36. The zero-order chi connectivity index (χ0) is 18.2. The number of carbonyl (C=O) groups excluding carboxylic acids is 1. The summed E-state index contributed by atoms with van der Waals surface area (Å²) in [4.78, 5) is 19.1. The fourth-order valence-electron chi connectivity index (χ4n) is 2.74. The highest BCUT2D eigenvalue weighted by molar-refractivity contribution is 7.99. The number of rotatable bonds is 16. The molecule has 0 aliphatic heterocycles. The highest BCUT2D eigenvalue weighted by Crippen LogP contribution is 2.19. The van der Waals surface area contributed by atoms with Gasteiger partial charge in [0.15, 0.2) is 0 Å². The highest BCUT2D eigenvalue weighted by Gasteiger charge is 2.05. The second kappa shape index (κ2) is 15.3. The smallest absolute Gasteiger partial charge is 0.226 e. The lowest BCUT2D eigenvalue weighted by Crippen LogP contribution is -2.11. The van der Waals surface area contributed by atoms with Crippen molar-refractivity contribution in [2.75, 3.05) is 11.1 Å². The van der Waals surface area contributed by atoms with Crippen LogP contribution in [0.15, 0.2) is 11.2 Å². The second-order valence-corrected chi connectivity index (χ2v) is 7.91. The van der Waals surface area contributed by atoms with E-state index < -0.39 is 0 Å². The third-order valence-electron chi connectivity index (χ3n) is 4.32. The first-order valence-electron chi connectivity index (χ1n) is 10.2. The molecule has 1 amide bonds. The van der Waals surface area contributed by atoms with E-state index in [-0.39, 0.29) is 5.91 Å². The lowest BCUT2D eigenvalue weighted by molar-refractivity contribution is -0.116. The molecule has 1 heterocycles. The van der Waals surface area contributed by atoms with Gasteiger partial charge in [-0.3, -0.25) is 10.1 Å². The zero-order valence-electron chi connectivity index (χ0n) is 16.2. The average Bonchev–Trinajstić information content (AvgIpc) is 3.05. The Bertz CT molecular complexity index is 448. The van der Waals surface area contributed by atoms with E-state index in [2.05, 4.69) is 29.1 Å². The predicted molar refractivity (Wildman–Crippen MR) is 109 cm³/mol. The lowest BCUT2D eigenvalue weighted by Gasteiger charge is -2.02. The van der Waals surface area contributed by atoms with E-state index in [4.69, 9.17) is 0 Å².